The van der Waals surface area contributed by atoms with Crippen molar-refractivity contribution in [2.75, 3.05) is 0 Å². The van der Waals surface area contributed by atoms with Crippen molar-refractivity contribution in [3.63, 3.8) is 0 Å². The fourth-order valence-corrected chi connectivity index (χ4v) is 6.43. The molecule has 0 spiro atoms. The van der Waals surface area contributed by atoms with Gasteiger partial charge in [-0.1, -0.05) is 26.0 Å². The van der Waals surface area contributed by atoms with E-state index >= 15 is 0 Å². The highest BCUT2D eigenvalue weighted by Gasteiger charge is 2.58. The standard InChI is InChI=1S/C22H30N2O6S/c1-22(2)16-13-15(7-5-3-4-6-8-20(25)26)21(19(22)14-16)23-31(29,30)18-11-9-17(10-12-18)24(27)28/h3,5,9-12,15-16,19,21,23H,4,6-8,13-14H2,1-2H3,(H,25,26). The van der Waals surface area contributed by atoms with Crippen molar-refractivity contribution in [2.24, 2.45) is 23.2 Å². The van der Waals surface area contributed by atoms with Crippen LogP contribution in [0.2, 0.25) is 0 Å². The summed E-state index contributed by atoms with van der Waals surface area (Å²) in [6, 6.07) is 4.75. The summed E-state index contributed by atoms with van der Waals surface area (Å²) in [7, 11) is -3.80. The van der Waals surface area contributed by atoms with Crippen molar-refractivity contribution < 1.29 is 23.2 Å². The van der Waals surface area contributed by atoms with E-state index in [0.29, 0.717) is 18.8 Å². The molecule has 0 aliphatic heterocycles. The van der Waals surface area contributed by atoms with E-state index in [0.717, 1.165) is 19.3 Å². The van der Waals surface area contributed by atoms with Crippen LogP contribution in [0.5, 0.6) is 0 Å². The smallest absolute Gasteiger partial charge is 0.303 e. The molecule has 3 aliphatic carbocycles. The molecule has 170 valence electrons. The zero-order valence-electron chi connectivity index (χ0n) is 17.9. The third-order valence-electron chi connectivity index (χ3n) is 7.09. The van der Waals surface area contributed by atoms with Gasteiger partial charge in [0, 0.05) is 24.6 Å². The highest BCUT2D eigenvalue weighted by molar-refractivity contribution is 7.89. The Morgan fingerprint density at radius 3 is 2.52 bits per heavy atom. The molecule has 0 heterocycles. The van der Waals surface area contributed by atoms with Gasteiger partial charge in [-0.15, -0.1) is 0 Å². The minimum Gasteiger partial charge on any atom is -0.481 e. The summed E-state index contributed by atoms with van der Waals surface area (Å²) in [5.41, 5.74) is -0.0739. The molecule has 4 atom stereocenters. The number of unbranched alkanes of at least 4 members (excludes halogenated alkanes) is 1. The number of nitro benzene ring substituents is 1. The number of nitrogens with one attached hydrogen (secondary N) is 1. The number of hydrogen-bond acceptors (Lipinski definition) is 5. The SMILES string of the molecule is CC1(C)C2CC(CC=CCCCC(=O)O)C(NS(=O)(=O)c3ccc([N+](=O)[O-])cc3)C1C2. The van der Waals surface area contributed by atoms with Gasteiger partial charge in [-0.2, -0.15) is 0 Å². The average molecular weight is 451 g/mol. The van der Waals surface area contributed by atoms with Crippen molar-refractivity contribution in [3.05, 3.63) is 46.5 Å². The lowest BCUT2D eigenvalue weighted by Crippen LogP contribution is -2.63. The van der Waals surface area contributed by atoms with Crippen molar-refractivity contribution in [2.45, 2.75) is 63.3 Å². The Morgan fingerprint density at radius 1 is 1.26 bits per heavy atom. The molecule has 4 rings (SSSR count). The molecule has 3 saturated carbocycles. The third kappa shape index (κ3) is 5.15. The molecular weight excluding hydrogens is 420 g/mol. The van der Waals surface area contributed by atoms with Crippen molar-refractivity contribution >= 4 is 21.7 Å². The number of nitrogens with zero attached hydrogens (tertiary/aromatic N) is 1. The molecule has 1 aromatic rings. The predicted molar refractivity (Wildman–Crippen MR) is 116 cm³/mol. The van der Waals surface area contributed by atoms with Gasteiger partial charge in [0.2, 0.25) is 10.0 Å². The molecule has 0 amide bonds. The van der Waals surface area contributed by atoms with Crippen LogP contribution in [-0.2, 0) is 14.8 Å². The number of aliphatic carboxylic acids is 1. The number of carboxylic acid groups (broad SMARTS) is 1. The van der Waals surface area contributed by atoms with Crippen LogP contribution in [0.3, 0.4) is 0 Å². The first kappa shape index (κ1) is 23.4. The summed E-state index contributed by atoms with van der Waals surface area (Å²) in [4.78, 5) is 20.9. The van der Waals surface area contributed by atoms with Gasteiger partial charge in [-0.25, -0.2) is 13.1 Å². The van der Waals surface area contributed by atoms with E-state index in [1.807, 2.05) is 12.2 Å². The maximum absolute atomic E-state index is 13.0. The Morgan fingerprint density at radius 2 is 1.94 bits per heavy atom. The van der Waals surface area contributed by atoms with Gasteiger partial charge in [0.15, 0.2) is 0 Å². The highest BCUT2D eigenvalue weighted by Crippen LogP contribution is 2.61. The molecule has 0 radical (unpaired) electrons. The average Bonchev–Trinajstić information content (AvgIpc) is 2.70. The lowest BCUT2D eigenvalue weighted by molar-refractivity contribution is -0.384. The molecule has 3 fully saturated rings. The molecule has 2 bridgehead atoms. The molecule has 9 heteroatoms. The van der Waals surface area contributed by atoms with Gasteiger partial charge in [-0.3, -0.25) is 14.9 Å². The molecule has 0 aromatic heterocycles. The number of carbonyl (C=O) groups is 1. The minimum absolute atomic E-state index is 0.0281. The number of non-ortho nitro benzene ring substituents is 1. The van der Waals surface area contributed by atoms with Gasteiger partial charge >= 0.3 is 5.97 Å². The second-order valence-electron chi connectivity index (χ2n) is 9.25. The molecule has 31 heavy (non-hydrogen) atoms. The fraction of sp³-hybridized carbons (Fsp3) is 0.591. The van der Waals surface area contributed by atoms with Crippen molar-refractivity contribution in [3.8, 4) is 0 Å². The summed E-state index contributed by atoms with van der Waals surface area (Å²) in [5.74, 6) is 0.177. The van der Waals surface area contributed by atoms with Crippen LogP contribution in [0.4, 0.5) is 5.69 Å². The van der Waals surface area contributed by atoms with Gasteiger partial charge in [-0.05, 0) is 67.4 Å². The summed E-state index contributed by atoms with van der Waals surface area (Å²) in [6.45, 7) is 4.38. The highest BCUT2D eigenvalue weighted by atomic mass is 32.2. The minimum atomic E-state index is -3.80. The number of fused-ring (bicyclic) bond motifs is 2. The maximum Gasteiger partial charge on any atom is 0.303 e. The van der Waals surface area contributed by atoms with Crippen LogP contribution in [0.15, 0.2) is 41.3 Å². The normalized spacial score (nSPS) is 27.0. The van der Waals surface area contributed by atoms with E-state index < -0.39 is 20.9 Å². The van der Waals surface area contributed by atoms with E-state index in [4.69, 9.17) is 5.11 Å². The lowest BCUT2D eigenvalue weighted by Gasteiger charge is -2.62. The Labute approximate surface area is 182 Å². The Kier molecular flexibility index (Phi) is 6.85. The maximum atomic E-state index is 13.0. The molecule has 4 unspecified atom stereocenters. The van der Waals surface area contributed by atoms with E-state index in [-0.39, 0.29) is 40.3 Å². The zero-order chi connectivity index (χ0) is 22.8. The van der Waals surface area contributed by atoms with Gasteiger partial charge in [0.1, 0.15) is 0 Å². The topological polar surface area (TPSA) is 127 Å². The lowest BCUT2D eigenvalue weighted by atomic mass is 9.45. The van der Waals surface area contributed by atoms with Crippen LogP contribution in [-0.4, -0.2) is 30.5 Å². The van der Waals surface area contributed by atoms with E-state index in [1.54, 1.807) is 0 Å². The Balaban J connectivity index is 1.70. The molecule has 8 nitrogen and oxygen atoms in total. The molecule has 2 N–H and O–H groups in total. The van der Waals surface area contributed by atoms with Crippen LogP contribution in [0.1, 0.15) is 52.4 Å². The van der Waals surface area contributed by atoms with Gasteiger partial charge in [0.05, 0.1) is 9.82 Å². The van der Waals surface area contributed by atoms with Crippen molar-refractivity contribution in [1.29, 1.82) is 0 Å². The molecule has 0 saturated heterocycles. The zero-order valence-corrected chi connectivity index (χ0v) is 18.7. The summed E-state index contributed by atoms with van der Waals surface area (Å²) >= 11 is 0. The number of hydrogen-bond donors (Lipinski definition) is 2. The van der Waals surface area contributed by atoms with Crippen molar-refractivity contribution in [1.82, 2.24) is 4.72 Å². The first-order chi connectivity index (χ1) is 14.5. The van der Waals surface area contributed by atoms with Crippen LogP contribution in [0.25, 0.3) is 0 Å². The number of rotatable bonds is 10. The Bertz CT molecular complexity index is 955. The van der Waals surface area contributed by atoms with Gasteiger partial charge in [0.25, 0.3) is 5.69 Å². The number of carboxylic acids is 1. The quantitative estimate of drug-likeness (QED) is 0.239. The largest absolute Gasteiger partial charge is 0.481 e. The van der Waals surface area contributed by atoms with Crippen LogP contribution >= 0.6 is 0 Å². The number of allylic oxidation sites excluding steroid dienone is 2. The molecule has 3 aliphatic rings. The number of benzene rings is 1. The second kappa shape index (κ2) is 9.08. The van der Waals surface area contributed by atoms with Crippen LogP contribution < -0.4 is 4.72 Å². The fourth-order valence-electron chi connectivity index (χ4n) is 5.08. The summed E-state index contributed by atoms with van der Waals surface area (Å²) in [5, 5.41) is 19.6. The van der Waals surface area contributed by atoms with E-state index in [2.05, 4.69) is 18.6 Å². The monoisotopic (exact) mass is 450 g/mol. The molecular formula is C22H30N2O6S. The molecule has 1 aromatic carbocycles. The predicted octanol–water partition coefficient (Wildman–Crippen LogP) is 4.13. The van der Waals surface area contributed by atoms with Gasteiger partial charge < -0.3 is 5.11 Å². The number of sulfonamides is 1. The van der Waals surface area contributed by atoms with E-state index in [9.17, 15) is 23.3 Å². The first-order valence-corrected chi connectivity index (χ1v) is 12.1. The first-order valence-electron chi connectivity index (χ1n) is 10.7. The summed E-state index contributed by atoms with van der Waals surface area (Å²) < 4.78 is 29.0. The summed E-state index contributed by atoms with van der Waals surface area (Å²) in [6.07, 6.45) is 8.12. The van der Waals surface area contributed by atoms with E-state index in [1.165, 1.54) is 24.3 Å². The van der Waals surface area contributed by atoms with Crippen LogP contribution in [0, 0.1) is 33.3 Å². The number of nitro groups is 1. The third-order valence-corrected chi connectivity index (χ3v) is 8.57. The Hall–Kier alpha value is -2.26. The second-order valence-corrected chi connectivity index (χ2v) is 11.0.